The molecule has 0 rings (SSSR count). The number of hydrogen-bond donors (Lipinski definition) is 1. The lowest BCUT2D eigenvalue weighted by Gasteiger charge is -2.26. The van der Waals surface area contributed by atoms with Crippen molar-refractivity contribution in [1.29, 1.82) is 0 Å². The summed E-state index contributed by atoms with van der Waals surface area (Å²) in [5, 5.41) is 9.38. The smallest absolute Gasteiger partial charge is 0.221 e. The molecule has 0 fully saturated rings. The second-order valence-corrected chi connectivity index (χ2v) is 4.05. The van der Waals surface area contributed by atoms with Crippen LogP contribution >= 0.6 is 0 Å². The van der Waals surface area contributed by atoms with Gasteiger partial charge in [-0.15, -0.1) is 0 Å². The van der Waals surface area contributed by atoms with Gasteiger partial charge in [0.15, 0.2) is 0 Å². The van der Waals surface area contributed by atoms with Crippen molar-refractivity contribution >= 4 is 5.91 Å². The third kappa shape index (κ3) is 5.16. The third-order valence-corrected chi connectivity index (χ3v) is 2.77. The van der Waals surface area contributed by atoms with Crippen LogP contribution in [0.25, 0.3) is 0 Å². The summed E-state index contributed by atoms with van der Waals surface area (Å²) in [5.74, 6) is -0.0830. The lowest BCUT2D eigenvalue weighted by Crippen LogP contribution is -2.38. The molecule has 0 aromatic carbocycles. The van der Waals surface area contributed by atoms with E-state index in [0.29, 0.717) is 6.54 Å². The van der Waals surface area contributed by atoms with E-state index in [1.54, 1.807) is 6.92 Å². The van der Waals surface area contributed by atoms with Crippen molar-refractivity contribution in [1.82, 2.24) is 9.80 Å². The van der Waals surface area contributed by atoms with Gasteiger partial charge in [0, 0.05) is 32.8 Å². The van der Waals surface area contributed by atoms with E-state index in [4.69, 9.17) is 0 Å². The van der Waals surface area contributed by atoms with Gasteiger partial charge in [0.25, 0.3) is 0 Å². The monoisotopic (exact) mass is 228 g/mol. The second-order valence-electron chi connectivity index (χ2n) is 4.05. The maximum atomic E-state index is 11.2. The maximum absolute atomic E-state index is 11.2. The number of nitrogens with zero attached hydrogens (tertiary/aromatic N) is 2. The molecule has 4 nitrogen and oxygen atoms in total. The van der Waals surface area contributed by atoms with E-state index in [0.717, 1.165) is 13.0 Å². The van der Waals surface area contributed by atoms with Gasteiger partial charge in [0.1, 0.15) is 6.23 Å². The first kappa shape index (κ1) is 15.0. The first-order valence-corrected chi connectivity index (χ1v) is 5.69. The molecule has 0 aromatic rings. The summed E-state index contributed by atoms with van der Waals surface area (Å²) in [4.78, 5) is 14.8. The van der Waals surface area contributed by atoms with Gasteiger partial charge in [-0.2, -0.15) is 0 Å². The number of amides is 1. The number of carbonyl (C=O) groups is 1. The number of allylic oxidation sites excluding steroid dienone is 2. The molecule has 0 aliphatic heterocycles. The molecule has 0 saturated carbocycles. The van der Waals surface area contributed by atoms with E-state index >= 15 is 0 Å². The van der Waals surface area contributed by atoms with Crippen molar-refractivity contribution in [3.8, 4) is 0 Å². The highest BCUT2D eigenvalue weighted by Crippen LogP contribution is 2.03. The molecule has 1 atom stereocenters. The predicted molar refractivity (Wildman–Crippen MR) is 65.7 cm³/mol. The lowest BCUT2D eigenvalue weighted by molar-refractivity contribution is -0.137. The van der Waals surface area contributed by atoms with Crippen LogP contribution in [0.3, 0.4) is 0 Å². The Labute approximate surface area is 98.5 Å². The summed E-state index contributed by atoms with van der Waals surface area (Å²) in [6, 6.07) is 0. The Morgan fingerprint density at radius 1 is 1.38 bits per heavy atom. The van der Waals surface area contributed by atoms with E-state index in [1.165, 1.54) is 17.5 Å². The fourth-order valence-corrected chi connectivity index (χ4v) is 1.48. The van der Waals surface area contributed by atoms with Crippen LogP contribution in [-0.2, 0) is 4.79 Å². The quantitative estimate of drug-likeness (QED) is 0.699. The highest BCUT2D eigenvalue weighted by molar-refractivity contribution is 5.73. The van der Waals surface area contributed by atoms with Crippen molar-refractivity contribution in [2.45, 2.75) is 40.3 Å². The van der Waals surface area contributed by atoms with Crippen LogP contribution in [0.5, 0.6) is 0 Å². The van der Waals surface area contributed by atoms with Crippen LogP contribution in [0, 0.1) is 0 Å². The minimum absolute atomic E-state index is 0.0830. The molecular formula is C12H24N2O2. The number of aliphatic hydroxyl groups is 1. The topological polar surface area (TPSA) is 43.8 Å². The van der Waals surface area contributed by atoms with E-state index in [9.17, 15) is 9.90 Å². The van der Waals surface area contributed by atoms with Crippen LogP contribution in [0.15, 0.2) is 11.8 Å². The molecule has 0 aliphatic rings. The minimum atomic E-state index is -0.703. The standard InChI is InChI=1S/C12H24N2O2/c1-6-10(2)13(5)8-7-9-14(11(3)15)12(4)16/h6,11,15H,7-9H2,1-5H3/b10-6+. The fraction of sp³-hybridized carbons (Fsp3) is 0.750. The van der Waals surface area contributed by atoms with Gasteiger partial charge in [-0.1, -0.05) is 6.08 Å². The molecular weight excluding hydrogens is 204 g/mol. The molecule has 0 aliphatic carbocycles. The molecule has 1 unspecified atom stereocenters. The largest absolute Gasteiger partial charge is 0.378 e. The van der Waals surface area contributed by atoms with Gasteiger partial charge >= 0.3 is 0 Å². The average Bonchev–Trinajstić information content (AvgIpc) is 2.21. The summed E-state index contributed by atoms with van der Waals surface area (Å²) in [5.41, 5.74) is 1.21. The summed E-state index contributed by atoms with van der Waals surface area (Å²) in [6.45, 7) is 8.62. The average molecular weight is 228 g/mol. The fourth-order valence-electron chi connectivity index (χ4n) is 1.48. The normalized spacial score (nSPS) is 13.5. The van der Waals surface area contributed by atoms with Crippen LogP contribution in [0.4, 0.5) is 0 Å². The Morgan fingerprint density at radius 2 is 1.94 bits per heavy atom. The zero-order valence-electron chi connectivity index (χ0n) is 11.0. The van der Waals surface area contributed by atoms with Gasteiger partial charge in [-0.05, 0) is 27.2 Å². The van der Waals surface area contributed by atoms with Crippen LogP contribution in [0.1, 0.15) is 34.1 Å². The number of rotatable bonds is 6. The highest BCUT2D eigenvalue weighted by atomic mass is 16.3. The van der Waals surface area contributed by atoms with Crippen molar-refractivity contribution in [3.05, 3.63) is 11.8 Å². The van der Waals surface area contributed by atoms with Crippen molar-refractivity contribution in [2.24, 2.45) is 0 Å². The van der Waals surface area contributed by atoms with E-state index < -0.39 is 6.23 Å². The Kier molecular flexibility index (Phi) is 6.81. The first-order chi connectivity index (χ1) is 7.40. The first-order valence-electron chi connectivity index (χ1n) is 5.69. The van der Waals surface area contributed by atoms with E-state index in [2.05, 4.69) is 17.9 Å². The molecule has 1 N–H and O–H groups in total. The number of aliphatic hydroxyl groups excluding tert-OH is 1. The van der Waals surface area contributed by atoms with Gasteiger partial charge < -0.3 is 14.9 Å². The number of hydrogen-bond acceptors (Lipinski definition) is 3. The second kappa shape index (κ2) is 7.28. The Morgan fingerprint density at radius 3 is 2.31 bits per heavy atom. The third-order valence-electron chi connectivity index (χ3n) is 2.77. The van der Waals surface area contributed by atoms with Gasteiger partial charge in [-0.3, -0.25) is 4.79 Å². The summed E-state index contributed by atoms with van der Waals surface area (Å²) < 4.78 is 0. The SMILES string of the molecule is C/C=C(\C)N(C)CCCN(C(C)=O)C(C)O. The maximum Gasteiger partial charge on any atom is 0.221 e. The van der Waals surface area contributed by atoms with Crippen molar-refractivity contribution in [3.63, 3.8) is 0 Å². The van der Waals surface area contributed by atoms with Crippen LogP contribution in [-0.4, -0.2) is 47.2 Å². The molecule has 0 radical (unpaired) electrons. The van der Waals surface area contributed by atoms with E-state index in [1.807, 2.05) is 14.0 Å². The van der Waals surface area contributed by atoms with Gasteiger partial charge in [0.2, 0.25) is 5.91 Å². The van der Waals surface area contributed by atoms with Crippen molar-refractivity contribution < 1.29 is 9.90 Å². The van der Waals surface area contributed by atoms with Gasteiger partial charge in [0.05, 0.1) is 0 Å². The Balaban J connectivity index is 4.00. The summed E-state index contributed by atoms with van der Waals surface area (Å²) >= 11 is 0. The molecule has 94 valence electrons. The van der Waals surface area contributed by atoms with Crippen LogP contribution in [0.2, 0.25) is 0 Å². The summed E-state index contributed by atoms with van der Waals surface area (Å²) in [7, 11) is 2.02. The zero-order chi connectivity index (χ0) is 12.7. The van der Waals surface area contributed by atoms with Gasteiger partial charge in [-0.25, -0.2) is 0 Å². The Bertz CT molecular complexity index is 249. The molecule has 1 amide bonds. The van der Waals surface area contributed by atoms with Crippen LogP contribution < -0.4 is 0 Å². The highest BCUT2D eigenvalue weighted by Gasteiger charge is 2.13. The summed E-state index contributed by atoms with van der Waals surface area (Å²) in [6.07, 6.45) is 2.20. The molecule has 0 saturated heterocycles. The molecule has 0 heterocycles. The molecule has 4 heteroatoms. The zero-order valence-corrected chi connectivity index (χ0v) is 11.0. The lowest BCUT2D eigenvalue weighted by atomic mass is 10.3. The molecule has 0 bridgehead atoms. The molecule has 16 heavy (non-hydrogen) atoms. The van der Waals surface area contributed by atoms with Crippen molar-refractivity contribution in [2.75, 3.05) is 20.1 Å². The predicted octanol–water partition coefficient (Wildman–Crippen LogP) is 1.42. The molecule has 0 spiro atoms. The van der Waals surface area contributed by atoms with E-state index in [-0.39, 0.29) is 5.91 Å². The Hall–Kier alpha value is -1.03. The number of carbonyl (C=O) groups excluding carboxylic acids is 1. The minimum Gasteiger partial charge on any atom is -0.378 e. The molecule has 0 aromatic heterocycles.